The summed E-state index contributed by atoms with van der Waals surface area (Å²) >= 11 is 5.51. The van der Waals surface area contributed by atoms with Crippen LogP contribution in [0.2, 0.25) is 5.02 Å². The number of amides is 1. The Hall–Kier alpha value is -1.43. The third-order valence-electron chi connectivity index (χ3n) is 2.21. The van der Waals surface area contributed by atoms with Gasteiger partial charge in [0.05, 0.1) is 5.56 Å². The molecule has 0 bridgehead atoms. The molecule has 0 aromatic heterocycles. The summed E-state index contributed by atoms with van der Waals surface area (Å²) in [7, 11) is 0. The van der Waals surface area contributed by atoms with Gasteiger partial charge >= 0.3 is 6.18 Å². The van der Waals surface area contributed by atoms with E-state index in [4.69, 9.17) is 22.1 Å². The van der Waals surface area contributed by atoms with Crippen LogP contribution in [-0.2, 0) is 11.0 Å². The van der Waals surface area contributed by atoms with E-state index in [2.05, 4.69) is 0 Å². The summed E-state index contributed by atoms with van der Waals surface area (Å²) < 4.78 is 43.3. The minimum Gasteiger partial charge on any atom is -0.477 e. The number of carbonyl (C=O) groups excluding carboxylic acids is 1. The number of primary amides is 1. The van der Waals surface area contributed by atoms with Crippen molar-refractivity contribution in [2.45, 2.75) is 25.6 Å². The lowest BCUT2D eigenvalue weighted by molar-refractivity contribution is -0.142. The zero-order valence-electron chi connectivity index (χ0n) is 9.64. The molecule has 0 fully saturated rings. The van der Waals surface area contributed by atoms with Crippen molar-refractivity contribution in [3.63, 3.8) is 0 Å². The molecule has 2 N–H and O–H groups in total. The molecule has 100 valence electrons. The van der Waals surface area contributed by atoms with Crippen LogP contribution in [0.25, 0.3) is 0 Å². The summed E-state index contributed by atoms with van der Waals surface area (Å²) in [5.41, 5.74) is 2.44. The van der Waals surface area contributed by atoms with Crippen molar-refractivity contribution in [3.8, 4) is 5.75 Å². The number of alkyl halides is 3. The van der Waals surface area contributed by atoms with Crippen molar-refractivity contribution >= 4 is 17.5 Å². The van der Waals surface area contributed by atoms with E-state index >= 15 is 0 Å². The molecule has 0 aliphatic rings. The second-order valence-electron chi connectivity index (χ2n) is 4.11. The lowest BCUT2D eigenvalue weighted by atomic mass is 10.1. The Morgan fingerprint density at radius 3 is 2.33 bits per heavy atom. The van der Waals surface area contributed by atoms with E-state index in [0.717, 1.165) is 12.1 Å². The fourth-order valence-corrected chi connectivity index (χ4v) is 1.31. The summed E-state index contributed by atoms with van der Waals surface area (Å²) in [5.74, 6) is -1.36. The maximum atomic E-state index is 12.7. The normalized spacial score (nSPS) is 12.3. The summed E-state index contributed by atoms with van der Waals surface area (Å²) in [6.45, 7) is 2.56. The minimum atomic E-state index is -4.63. The average Bonchev–Trinajstić information content (AvgIpc) is 2.18. The molecule has 0 aliphatic heterocycles. The van der Waals surface area contributed by atoms with E-state index in [1.807, 2.05) is 0 Å². The summed E-state index contributed by atoms with van der Waals surface area (Å²) in [5, 5.41) is -0.0773. The van der Waals surface area contributed by atoms with E-state index in [1.165, 1.54) is 19.9 Å². The van der Waals surface area contributed by atoms with Gasteiger partial charge in [-0.25, -0.2) is 0 Å². The lowest BCUT2D eigenvalue weighted by Gasteiger charge is -2.25. The van der Waals surface area contributed by atoms with Gasteiger partial charge in [-0.1, -0.05) is 11.6 Å². The molecule has 0 spiro atoms. The standard InChI is InChI=1S/C11H11ClF3NO2/c1-10(2,9(16)17)18-8-4-3-6(12)5-7(8)11(13,14)15/h3-5H,1-2H3,(H2,16,17). The van der Waals surface area contributed by atoms with Gasteiger partial charge in [0.25, 0.3) is 5.91 Å². The highest BCUT2D eigenvalue weighted by atomic mass is 35.5. The smallest absolute Gasteiger partial charge is 0.420 e. The fraction of sp³-hybridized carbons (Fsp3) is 0.364. The predicted molar refractivity (Wildman–Crippen MR) is 60.4 cm³/mol. The highest BCUT2D eigenvalue weighted by molar-refractivity contribution is 6.30. The van der Waals surface area contributed by atoms with Crippen LogP contribution < -0.4 is 10.5 Å². The molecule has 7 heteroatoms. The van der Waals surface area contributed by atoms with Gasteiger partial charge < -0.3 is 10.5 Å². The quantitative estimate of drug-likeness (QED) is 0.926. The van der Waals surface area contributed by atoms with E-state index in [-0.39, 0.29) is 5.02 Å². The minimum absolute atomic E-state index is 0.0773. The van der Waals surface area contributed by atoms with Crippen LogP contribution in [-0.4, -0.2) is 11.5 Å². The number of nitrogens with two attached hydrogens (primary N) is 1. The lowest BCUT2D eigenvalue weighted by Crippen LogP contribution is -2.43. The summed E-state index contributed by atoms with van der Waals surface area (Å²) in [6.07, 6.45) is -4.63. The molecule has 0 radical (unpaired) electrons. The Kier molecular flexibility index (Phi) is 3.81. The zero-order chi connectivity index (χ0) is 14.1. The average molecular weight is 282 g/mol. The topological polar surface area (TPSA) is 52.3 Å². The number of carbonyl (C=O) groups is 1. The van der Waals surface area contributed by atoms with Crippen molar-refractivity contribution < 1.29 is 22.7 Å². The van der Waals surface area contributed by atoms with Crippen LogP contribution in [0.4, 0.5) is 13.2 Å². The maximum Gasteiger partial charge on any atom is 0.420 e. The first kappa shape index (κ1) is 14.6. The second-order valence-corrected chi connectivity index (χ2v) is 4.55. The van der Waals surface area contributed by atoms with E-state index in [1.54, 1.807) is 0 Å². The van der Waals surface area contributed by atoms with Crippen molar-refractivity contribution in [1.82, 2.24) is 0 Å². The maximum absolute atomic E-state index is 12.7. The molecule has 0 unspecified atom stereocenters. The van der Waals surface area contributed by atoms with Gasteiger partial charge in [-0.3, -0.25) is 4.79 Å². The van der Waals surface area contributed by atoms with Crippen molar-refractivity contribution in [2.75, 3.05) is 0 Å². The Morgan fingerprint density at radius 1 is 1.33 bits per heavy atom. The largest absolute Gasteiger partial charge is 0.477 e. The van der Waals surface area contributed by atoms with Crippen molar-refractivity contribution in [1.29, 1.82) is 0 Å². The van der Waals surface area contributed by atoms with Gasteiger partial charge in [0, 0.05) is 5.02 Å². The molecule has 3 nitrogen and oxygen atoms in total. The van der Waals surface area contributed by atoms with Gasteiger partial charge in [0.2, 0.25) is 0 Å². The Labute approximate surface area is 107 Å². The fourth-order valence-electron chi connectivity index (χ4n) is 1.14. The third kappa shape index (κ3) is 3.29. The molecule has 0 atom stereocenters. The Balaban J connectivity index is 3.22. The van der Waals surface area contributed by atoms with E-state index in [9.17, 15) is 18.0 Å². The van der Waals surface area contributed by atoms with Gasteiger partial charge in [-0.2, -0.15) is 13.2 Å². The highest BCUT2D eigenvalue weighted by Crippen LogP contribution is 2.38. The van der Waals surface area contributed by atoms with Gasteiger partial charge in [0.1, 0.15) is 5.75 Å². The molecule has 0 aliphatic carbocycles. The number of rotatable bonds is 3. The second kappa shape index (κ2) is 4.68. The van der Waals surface area contributed by atoms with Gasteiger partial charge in [-0.05, 0) is 32.0 Å². The first-order valence-corrected chi connectivity index (χ1v) is 5.27. The zero-order valence-corrected chi connectivity index (χ0v) is 10.4. The molecule has 1 aromatic rings. The molecular formula is C11H11ClF3NO2. The number of ether oxygens (including phenoxy) is 1. The van der Waals surface area contributed by atoms with Crippen molar-refractivity contribution in [3.05, 3.63) is 28.8 Å². The number of hydrogen-bond donors (Lipinski definition) is 1. The van der Waals surface area contributed by atoms with Gasteiger partial charge in [-0.15, -0.1) is 0 Å². The predicted octanol–water partition coefficient (Wildman–Crippen LogP) is 3.00. The Morgan fingerprint density at radius 2 is 1.89 bits per heavy atom. The third-order valence-corrected chi connectivity index (χ3v) is 2.44. The van der Waals surface area contributed by atoms with Gasteiger partial charge in [0.15, 0.2) is 5.60 Å². The highest BCUT2D eigenvalue weighted by Gasteiger charge is 2.37. The van der Waals surface area contributed by atoms with Crippen LogP contribution in [0.1, 0.15) is 19.4 Å². The molecule has 1 rings (SSSR count). The number of halogens is 4. The summed E-state index contributed by atoms with van der Waals surface area (Å²) in [6, 6.07) is 3.02. The van der Waals surface area contributed by atoms with Crippen LogP contribution >= 0.6 is 11.6 Å². The molecule has 0 heterocycles. The number of hydrogen-bond acceptors (Lipinski definition) is 2. The van der Waals surface area contributed by atoms with Crippen molar-refractivity contribution in [2.24, 2.45) is 5.73 Å². The summed E-state index contributed by atoms with van der Waals surface area (Å²) in [4.78, 5) is 11.0. The van der Waals surface area contributed by atoms with E-state index < -0.39 is 29.0 Å². The first-order chi connectivity index (χ1) is 8.04. The monoisotopic (exact) mass is 281 g/mol. The molecule has 0 saturated carbocycles. The molecule has 1 amide bonds. The first-order valence-electron chi connectivity index (χ1n) is 4.90. The SMILES string of the molecule is CC(C)(Oc1ccc(Cl)cc1C(F)(F)F)C(N)=O. The number of benzene rings is 1. The van der Waals surface area contributed by atoms with Crippen LogP contribution in [0.5, 0.6) is 5.75 Å². The molecular weight excluding hydrogens is 271 g/mol. The van der Waals surface area contributed by atoms with Crippen LogP contribution in [0, 0.1) is 0 Å². The molecule has 18 heavy (non-hydrogen) atoms. The van der Waals surface area contributed by atoms with Crippen LogP contribution in [0.15, 0.2) is 18.2 Å². The van der Waals surface area contributed by atoms with E-state index in [0.29, 0.717) is 0 Å². The van der Waals surface area contributed by atoms with Crippen LogP contribution in [0.3, 0.4) is 0 Å². The molecule has 0 saturated heterocycles. The Bertz CT molecular complexity index is 472. The molecule has 1 aromatic carbocycles.